The van der Waals surface area contributed by atoms with Gasteiger partial charge in [-0.2, -0.15) is 10.1 Å². The molecule has 4 N–H and O–H groups in total. The Hall–Kier alpha value is -2.21. The summed E-state index contributed by atoms with van der Waals surface area (Å²) in [5, 5.41) is 24.5. The molecule has 0 saturated carbocycles. The van der Waals surface area contributed by atoms with E-state index in [0.717, 1.165) is 0 Å². The van der Waals surface area contributed by atoms with Crippen molar-refractivity contribution < 1.29 is 9.72 Å². The van der Waals surface area contributed by atoms with E-state index < -0.39 is 20.8 Å². The lowest BCUT2D eigenvalue weighted by Gasteiger charge is -2.27. The monoisotopic (exact) mass is 437 g/mol. The van der Waals surface area contributed by atoms with Crippen LogP contribution in [0.15, 0.2) is 30.6 Å². The van der Waals surface area contributed by atoms with Crippen LogP contribution in [-0.2, 0) is 0 Å². The number of anilines is 1. The van der Waals surface area contributed by atoms with E-state index in [1.807, 2.05) is 0 Å². The Bertz CT molecular complexity index is 795. The van der Waals surface area contributed by atoms with Crippen LogP contribution in [0.25, 0.3) is 0 Å². The molecule has 1 aromatic heterocycles. The summed E-state index contributed by atoms with van der Waals surface area (Å²) < 4.78 is -1.95. The number of halogens is 3. The average Bonchev–Trinajstić information content (AvgIpc) is 3.06. The summed E-state index contributed by atoms with van der Waals surface area (Å²) >= 11 is 22.6. The molecule has 138 valence electrons. The average molecular weight is 439 g/mol. The second kappa shape index (κ2) is 8.45. The van der Waals surface area contributed by atoms with Crippen LogP contribution in [0.5, 0.6) is 0 Å². The molecule has 26 heavy (non-hydrogen) atoms. The van der Waals surface area contributed by atoms with E-state index >= 15 is 0 Å². The first-order valence-corrected chi connectivity index (χ1v) is 8.26. The van der Waals surface area contributed by atoms with Crippen molar-refractivity contribution in [1.29, 1.82) is 0 Å². The van der Waals surface area contributed by atoms with Crippen LogP contribution in [-0.4, -0.2) is 41.1 Å². The van der Waals surface area contributed by atoms with Crippen molar-refractivity contribution >= 4 is 69.7 Å². The number of amides is 1. The van der Waals surface area contributed by atoms with Crippen molar-refractivity contribution in [3.05, 3.63) is 46.3 Å². The molecule has 0 bridgehead atoms. The summed E-state index contributed by atoms with van der Waals surface area (Å²) in [7, 11) is 0. The van der Waals surface area contributed by atoms with E-state index in [-0.39, 0.29) is 22.3 Å². The van der Waals surface area contributed by atoms with Crippen molar-refractivity contribution in [2.45, 2.75) is 9.96 Å². The van der Waals surface area contributed by atoms with Gasteiger partial charge in [0.1, 0.15) is 12.5 Å². The highest BCUT2D eigenvalue weighted by Crippen LogP contribution is 2.29. The van der Waals surface area contributed by atoms with Gasteiger partial charge in [0, 0.05) is 17.7 Å². The first kappa shape index (κ1) is 20.1. The van der Waals surface area contributed by atoms with Gasteiger partial charge in [-0.15, -0.1) is 0 Å². The lowest BCUT2D eigenvalue weighted by Crippen LogP contribution is -2.56. The molecular formula is C12H10Cl3N7O3S. The second-order valence-electron chi connectivity index (χ2n) is 4.68. The quantitative estimate of drug-likeness (QED) is 0.183. The molecule has 2 rings (SSSR count). The Morgan fingerprint density at radius 2 is 1.92 bits per heavy atom. The highest BCUT2D eigenvalue weighted by Gasteiger charge is 2.35. The Morgan fingerprint density at radius 3 is 2.42 bits per heavy atom. The van der Waals surface area contributed by atoms with Gasteiger partial charge in [0.25, 0.3) is 11.6 Å². The van der Waals surface area contributed by atoms with Crippen molar-refractivity contribution in [3.63, 3.8) is 0 Å². The number of nitrogens with one attached hydrogen (secondary N) is 4. The summed E-state index contributed by atoms with van der Waals surface area (Å²) in [6.07, 6.45) is 0.0476. The van der Waals surface area contributed by atoms with Crippen molar-refractivity contribution in [3.8, 4) is 0 Å². The smallest absolute Gasteiger partial charge is 0.269 e. The van der Waals surface area contributed by atoms with Crippen LogP contribution >= 0.6 is 47.0 Å². The number of rotatable bonds is 5. The number of aromatic nitrogens is 3. The van der Waals surface area contributed by atoms with E-state index in [1.54, 1.807) is 0 Å². The van der Waals surface area contributed by atoms with Crippen LogP contribution in [0.4, 0.5) is 11.6 Å². The molecule has 1 atom stereocenters. The normalized spacial score (nSPS) is 12.1. The Kier molecular flexibility index (Phi) is 6.53. The largest absolute Gasteiger partial charge is 0.339 e. The SMILES string of the molecule is O=C(NC(NC(=S)Nc1ncn[nH]1)C(Cl)(Cl)Cl)c1ccc([N+](=O)[O-])cc1. The topological polar surface area (TPSA) is 138 Å². The molecule has 1 heterocycles. The summed E-state index contributed by atoms with van der Waals surface area (Å²) in [6, 6.07) is 4.91. The van der Waals surface area contributed by atoms with Crippen molar-refractivity contribution in [1.82, 2.24) is 25.8 Å². The fraction of sp³-hybridized carbons (Fsp3) is 0.167. The minimum atomic E-state index is -1.95. The van der Waals surface area contributed by atoms with E-state index in [0.29, 0.717) is 0 Å². The standard InChI is InChI=1S/C12H10Cl3N7O3S/c13-12(14,15)9(19-11(26)20-10-16-5-17-21-10)18-8(23)6-1-3-7(4-2-6)22(24)25/h1-5,9H,(H,18,23)(H3,16,17,19,20,21,26). The predicted octanol–water partition coefficient (Wildman–Crippen LogP) is 2.13. The number of benzene rings is 1. The Labute approximate surface area is 166 Å². The van der Waals surface area contributed by atoms with Gasteiger partial charge in [-0.3, -0.25) is 14.9 Å². The number of hydrogen-bond acceptors (Lipinski definition) is 6. The fourth-order valence-corrected chi connectivity index (χ4v) is 2.23. The van der Waals surface area contributed by atoms with Gasteiger partial charge in [0.2, 0.25) is 9.74 Å². The molecule has 0 aliphatic carbocycles. The number of carbonyl (C=O) groups excluding carboxylic acids is 1. The van der Waals surface area contributed by atoms with Gasteiger partial charge in [0.15, 0.2) is 5.11 Å². The zero-order valence-electron chi connectivity index (χ0n) is 12.6. The van der Waals surface area contributed by atoms with Gasteiger partial charge < -0.3 is 16.0 Å². The number of carbonyl (C=O) groups is 1. The van der Waals surface area contributed by atoms with Gasteiger partial charge >= 0.3 is 0 Å². The van der Waals surface area contributed by atoms with Crippen LogP contribution in [0.1, 0.15) is 10.4 Å². The van der Waals surface area contributed by atoms with Gasteiger partial charge in [0.05, 0.1) is 4.92 Å². The molecule has 0 radical (unpaired) electrons. The molecule has 1 unspecified atom stereocenters. The summed E-state index contributed by atoms with van der Waals surface area (Å²) in [5.41, 5.74) is -0.0270. The molecule has 1 aromatic carbocycles. The molecule has 1 amide bonds. The molecular weight excluding hydrogens is 429 g/mol. The van der Waals surface area contributed by atoms with Gasteiger partial charge in [-0.05, 0) is 24.4 Å². The first-order valence-electron chi connectivity index (χ1n) is 6.71. The molecule has 14 heteroatoms. The second-order valence-corrected chi connectivity index (χ2v) is 7.46. The molecule has 0 saturated heterocycles. The Morgan fingerprint density at radius 1 is 1.27 bits per heavy atom. The molecule has 10 nitrogen and oxygen atoms in total. The minimum Gasteiger partial charge on any atom is -0.339 e. The van der Waals surface area contributed by atoms with Gasteiger partial charge in [-0.25, -0.2) is 5.10 Å². The number of aromatic amines is 1. The number of non-ortho nitro benzene ring substituents is 1. The maximum atomic E-state index is 12.3. The van der Waals surface area contributed by atoms with E-state index in [1.165, 1.54) is 30.6 Å². The first-order chi connectivity index (χ1) is 12.2. The maximum absolute atomic E-state index is 12.3. The maximum Gasteiger partial charge on any atom is 0.269 e. The number of alkyl halides is 3. The Balaban J connectivity index is 2.05. The third-order valence-corrected chi connectivity index (χ3v) is 3.74. The number of thiocarbonyl (C=S) groups is 1. The van der Waals surface area contributed by atoms with Crippen LogP contribution in [0, 0.1) is 10.1 Å². The molecule has 2 aromatic rings. The molecule has 0 fully saturated rings. The molecule has 0 spiro atoms. The molecule has 0 aliphatic heterocycles. The summed E-state index contributed by atoms with van der Waals surface area (Å²) in [6.45, 7) is 0. The van der Waals surface area contributed by atoms with Crippen molar-refractivity contribution in [2.24, 2.45) is 0 Å². The van der Waals surface area contributed by atoms with Crippen LogP contribution < -0.4 is 16.0 Å². The fourth-order valence-electron chi connectivity index (χ4n) is 1.69. The number of nitrogens with zero attached hydrogens (tertiary/aromatic N) is 3. The van der Waals surface area contributed by atoms with E-state index in [4.69, 9.17) is 47.0 Å². The van der Waals surface area contributed by atoms with Crippen molar-refractivity contribution in [2.75, 3.05) is 5.32 Å². The third kappa shape index (κ3) is 5.66. The third-order valence-electron chi connectivity index (χ3n) is 2.87. The highest BCUT2D eigenvalue weighted by atomic mass is 35.6. The van der Waals surface area contributed by atoms with E-state index in [2.05, 4.69) is 31.1 Å². The van der Waals surface area contributed by atoms with E-state index in [9.17, 15) is 14.9 Å². The summed E-state index contributed by atoms with van der Waals surface area (Å²) in [5.74, 6) is -0.390. The van der Waals surface area contributed by atoms with Gasteiger partial charge in [-0.1, -0.05) is 34.8 Å². The number of H-pyrrole nitrogens is 1. The lowest BCUT2D eigenvalue weighted by molar-refractivity contribution is -0.384. The van der Waals surface area contributed by atoms with Crippen LogP contribution in [0.2, 0.25) is 0 Å². The zero-order valence-corrected chi connectivity index (χ0v) is 15.7. The number of nitro groups is 1. The highest BCUT2D eigenvalue weighted by molar-refractivity contribution is 7.80. The molecule has 0 aliphatic rings. The lowest BCUT2D eigenvalue weighted by atomic mass is 10.2. The predicted molar refractivity (Wildman–Crippen MR) is 100 cm³/mol. The summed E-state index contributed by atoms with van der Waals surface area (Å²) in [4.78, 5) is 26.2. The van der Waals surface area contributed by atoms with Crippen LogP contribution in [0.3, 0.4) is 0 Å². The zero-order chi connectivity index (χ0) is 19.3. The number of nitro benzene ring substituents is 1. The number of hydrogen-bond donors (Lipinski definition) is 4. The minimum absolute atomic E-state index is 0.00192.